The Balaban J connectivity index is 2.05. The first-order valence-electron chi connectivity index (χ1n) is 8.12. The second-order valence-electron chi connectivity index (χ2n) is 5.70. The van der Waals surface area contributed by atoms with E-state index in [9.17, 15) is 19.2 Å². The summed E-state index contributed by atoms with van der Waals surface area (Å²) >= 11 is 0. The predicted octanol–water partition coefficient (Wildman–Crippen LogP) is 1.62. The van der Waals surface area contributed by atoms with E-state index >= 15 is 0 Å². The van der Waals surface area contributed by atoms with Crippen LogP contribution < -0.4 is 5.32 Å². The minimum atomic E-state index is -0.992. The van der Waals surface area contributed by atoms with Crippen molar-refractivity contribution in [2.45, 2.75) is 25.8 Å². The van der Waals surface area contributed by atoms with Gasteiger partial charge in [-0.3, -0.25) is 19.3 Å². The van der Waals surface area contributed by atoms with Crippen LogP contribution in [0.25, 0.3) is 0 Å². The molecule has 5 amide bonds. The molecule has 0 spiro atoms. The van der Waals surface area contributed by atoms with Gasteiger partial charge in [0, 0.05) is 6.54 Å². The average Bonchev–Trinajstić information content (AvgIpc) is 2.80. The fourth-order valence-electron chi connectivity index (χ4n) is 2.66. The highest BCUT2D eigenvalue weighted by Crippen LogP contribution is 2.18. The number of hydrogen-bond acceptors (Lipinski definition) is 4. The average molecular weight is 343 g/mol. The molecule has 0 saturated carbocycles. The van der Waals surface area contributed by atoms with Gasteiger partial charge in [-0.25, -0.2) is 9.69 Å². The predicted molar refractivity (Wildman–Crippen MR) is 91.3 cm³/mol. The van der Waals surface area contributed by atoms with Crippen molar-refractivity contribution in [3.05, 3.63) is 48.6 Å². The molecule has 1 aliphatic rings. The Morgan fingerprint density at radius 3 is 2.40 bits per heavy atom. The van der Waals surface area contributed by atoms with Gasteiger partial charge in [-0.1, -0.05) is 49.8 Å². The van der Waals surface area contributed by atoms with Crippen molar-refractivity contribution in [1.82, 2.24) is 15.1 Å². The van der Waals surface area contributed by atoms with Crippen LogP contribution >= 0.6 is 0 Å². The summed E-state index contributed by atoms with van der Waals surface area (Å²) in [5.41, 5.74) is 0.945. The lowest BCUT2D eigenvalue weighted by Gasteiger charge is -2.20. The number of amides is 5. The SMILES string of the molecule is C=CCN1C(=O)C(=O)N(CC(=O)N[C@@H](CCC)c2ccccc2)C1=O. The Morgan fingerprint density at radius 2 is 1.80 bits per heavy atom. The molecule has 132 valence electrons. The minimum Gasteiger partial charge on any atom is -0.348 e. The molecule has 1 aromatic carbocycles. The molecule has 0 bridgehead atoms. The Bertz CT molecular complexity index is 687. The van der Waals surface area contributed by atoms with E-state index in [0.717, 1.165) is 23.3 Å². The maximum Gasteiger partial charge on any atom is 0.335 e. The molecule has 1 saturated heterocycles. The molecule has 1 atom stereocenters. The van der Waals surface area contributed by atoms with Gasteiger partial charge in [0.15, 0.2) is 0 Å². The van der Waals surface area contributed by atoms with Crippen LogP contribution in [0.2, 0.25) is 0 Å². The summed E-state index contributed by atoms with van der Waals surface area (Å²) in [7, 11) is 0. The van der Waals surface area contributed by atoms with E-state index in [0.29, 0.717) is 4.90 Å². The number of imide groups is 2. The zero-order valence-corrected chi connectivity index (χ0v) is 14.1. The number of nitrogens with zero attached hydrogens (tertiary/aromatic N) is 2. The van der Waals surface area contributed by atoms with E-state index in [-0.39, 0.29) is 12.6 Å². The number of carbonyl (C=O) groups excluding carboxylic acids is 4. The molecule has 7 heteroatoms. The highest BCUT2D eigenvalue weighted by molar-refractivity contribution is 6.45. The molecule has 1 aliphatic heterocycles. The third kappa shape index (κ3) is 4.12. The number of benzene rings is 1. The summed E-state index contributed by atoms with van der Waals surface area (Å²) in [4.78, 5) is 49.6. The van der Waals surface area contributed by atoms with Gasteiger partial charge < -0.3 is 5.32 Å². The summed E-state index contributed by atoms with van der Waals surface area (Å²) in [6.07, 6.45) is 2.92. The first kappa shape index (κ1) is 18.4. The molecule has 0 radical (unpaired) electrons. The molecule has 1 aromatic rings. The zero-order valence-electron chi connectivity index (χ0n) is 14.1. The van der Waals surface area contributed by atoms with Crippen molar-refractivity contribution >= 4 is 23.8 Å². The topological polar surface area (TPSA) is 86.8 Å². The monoisotopic (exact) mass is 343 g/mol. The fraction of sp³-hybridized carbons (Fsp3) is 0.333. The van der Waals surface area contributed by atoms with Gasteiger partial charge in [-0.05, 0) is 12.0 Å². The number of nitrogens with one attached hydrogen (secondary N) is 1. The van der Waals surface area contributed by atoms with Gasteiger partial charge in [0.05, 0.1) is 6.04 Å². The normalized spacial score (nSPS) is 15.5. The summed E-state index contributed by atoms with van der Waals surface area (Å²) in [6.45, 7) is 4.90. The van der Waals surface area contributed by atoms with E-state index in [1.165, 1.54) is 6.08 Å². The van der Waals surface area contributed by atoms with Crippen molar-refractivity contribution < 1.29 is 19.2 Å². The Kier molecular flexibility index (Phi) is 6.05. The lowest BCUT2D eigenvalue weighted by Crippen LogP contribution is -2.42. The zero-order chi connectivity index (χ0) is 18.4. The maximum absolute atomic E-state index is 12.3. The molecule has 1 fully saturated rings. The minimum absolute atomic E-state index is 0.0655. The fourth-order valence-corrected chi connectivity index (χ4v) is 2.66. The first-order chi connectivity index (χ1) is 12.0. The van der Waals surface area contributed by atoms with Crippen LogP contribution in [0.15, 0.2) is 43.0 Å². The van der Waals surface area contributed by atoms with Crippen LogP contribution in [-0.4, -0.2) is 46.6 Å². The molecule has 25 heavy (non-hydrogen) atoms. The largest absolute Gasteiger partial charge is 0.348 e. The molecule has 0 unspecified atom stereocenters. The molecule has 0 aliphatic carbocycles. The Hall–Kier alpha value is -2.96. The maximum atomic E-state index is 12.3. The van der Waals surface area contributed by atoms with Crippen molar-refractivity contribution in [2.75, 3.05) is 13.1 Å². The van der Waals surface area contributed by atoms with Gasteiger partial charge >= 0.3 is 17.8 Å². The van der Waals surface area contributed by atoms with E-state index in [2.05, 4.69) is 11.9 Å². The molecular formula is C18H21N3O4. The lowest BCUT2D eigenvalue weighted by molar-refractivity contribution is -0.143. The Labute approximate surface area is 146 Å². The van der Waals surface area contributed by atoms with E-state index in [1.807, 2.05) is 37.3 Å². The third-order valence-electron chi connectivity index (χ3n) is 3.86. The second-order valence-corrected chi connectivity index (χ2v) is 5.70. The Morgan fingerprint density at radius 1 is 1.16 bits per heavy atom. The summed E-state index contributed by atoms with van der Waals surface area (Å²) in [5, 5.41) is 2.83. The van der Waals surface area contributed by atoms with Gasteiger partial charge in [0.1, 0.15) is 6.54 Å². The highest BCUT2D eigenvalue weighted by atomic mass is 16.2. The van der Waals surface area contributed by atoms with Crippen LogP contribution in [0, 0.1) is 0 Å². The molecule has 1 N–H and O–H groups in total. The van der Waals surface area contributed by atoms with Crippen LogP contribution in [0.5, 0.6) is 0 Å². The summed E-state index contributed by atoms with van der Waals surface area (Å²) < 4.78 is 0. The molecule has 0 aromatic heterocycles. The first-order valence-corrected chi connectivity index (χ1v) is 8.12. The highest BCUT2D eigenvalue weighted by Gasteiger charge is 2.44. The van der Waals surface area contributed by atoms with E-state index in [4.69, 9.17) is 0 Å². The van der Waals surface area contributed by atoms with Crippen molar-refractivity contribution in [1.29, 1.82) is 0 Å². The van der Waals surface area contributed by atoms with Crippen molar-refractivity contribution in [3.8, 4) is 0 Å². The number of carbonyl (C=O) groups is 4. The summed E-state index contributed by atoms with van der Waals surface area (Å²) in [6, 6.07) is 8.44. The van der Waals surface area contributed by atoms with Gasteiger partial charge in [0.2, 0.25) is 5.91 Å². The molecule has 7 nitrogen and oxygen atoms in total. The lowest BCUT2D eigenvalue weighted by atomic mass is 10.0. The standard InChI is InChI=1S/C18H21N3O4/c1-3-8-14(13-9-6-5-7-10-13)19-15(22)12-21-17(24)16(23)20(11-4-2)18(21)25/h4-7,9-10,14H,2-3,8,11-12H2,1H3,(H,19,22)/t14-/m0/s1. The third-order valence-corrected chi connectivity index (χ3v) is 3.86. The van der Waals surface area contributed by atoms with Crippen LogP contribution in [-0.2, 0) is 14.4 Å². The van der Waals surface area contributed by atoms with E-state index in [1.54, 1.807) is 0 Å². The van der Waals surface area contributed by atoms with Crippen LogP contribution in [0.4, 0.5) is 4.79 Å². The number of rotatable bonds is 8. The smallest absolute Gasteiger partial charge is 0.335 e. The number of urea groups is 1. The second kappa shape index (κ2) is 8.23. The summed E-state index contributed by atoms with van der Waals surface area (Å²) in [5.74, 6) is -2.42. The van der Waals surface area contributed by atoms with Crippen molar-refractivity contribution in [2.24, 2.45) is 0 Å². The molecule has 2 rings (SSSR count). The quantitative estimate of drug-likeness (QED) is 0.441. The van der Waals surface area contributed by atoms with Crippen LogP contribution in [0.3, 0.4) is 0 Å². The van der Waals surface area contributed by atoms with Gasteiger partial charge in [0.25, 0.3) is 0 Å². The van der Waals surface area contributed by atoms with Gasteiger partial charge in [-0.15, -0.1) is 6.58 Å². The number of hydrogen-bond donors (Lipinski definition) is 1. The van der Waals surface area contributed by atoms with Crippen LogP contribution in [0.1, 0.15) is 31.4 Å². The molecule has 1 heterocycles. The molecular weight excluding hydrogens is 322 g/mol. The van der Waals surface area contributed by atoms with Gasteiger partial charge in [-0.2, -0.15) is 0 Å². The van der Waals surface area contributed by atoms with Crippen molar-refractivity contribution in [3.63, 3.8) is 0 Å². The van der Waals surface area contributed by atoms with E-state index < -0.39 is 30.3 Å².